The monoisotopic (exact) mass is 479 g/mol. The van der Waals surface area contributed by atoms with E-state index in [1.807, 2.05) is 48.3 Å². The van der Waals surface area contributed by atoms with Crippen LogP contribution in [0.25, 0.3) is 0 Å². The second-order valence-corrected chi connectivity index (χ2v) is 6.61. The van der Waals surface area contributed by atoms with Gasteiger partial charge in [-0.3, -0.25) is 9.67 Å². The third-order valence-electron chi connectivity index (χ3n) is 3.10. The largest absolute Gasteiger partial charge is 0.356 e. The average molecular weight is 480 g/mol. The minimum atomic E-state index is 0. The predicted octanol–water partition coefficient (Wildman–Crippen LogP) is 3.42. The molecule has 0 saturated carbocycles. The van der Waals surface area contributed by atoms with Crippen LogP contribution in [0.5, 0.6) is 0 Å². The fourth-order valence-electron chi connectivity index (χ4n) is 1.97. The van der Waals surface area contributed by atoms with Crippen molar-refractivity contribution in [2.24, 2.45) is 4.99 Å². The summed E-state index contributed by atoms with van der Waals surface area (Å²) in [6, 6.07) is 7.89. The number of guanidine groups is 1. The molecule has 0 radical (unpaired) electrons. The molecule has 0 spiro atoms. The molecule has 0 aliphatic heterocycles. The lowest BCUT2D eigenvalue weighted by molar-refractivity contribution is 0.598. The van der Waals surface area contributed by atoms with Gasteiger partial charge in [-0.25, -0.2) is 0 Å². The zero-order valence-corrected chi connectivity index (χ0v) is 17.7. The van der Waals surface area contributed by atoms with E-state index >= 15 is 0 Å². The van der Waals surface area contributed by atoms with Crippen molar-refractivity contribution in [3.63, 3.8) is 0 Å². The first kappa shape index (κ1) is 21.1. The minimum absolute atomic E-state index is 0. The normalized spacial score (nSPS) is 11.0. The molecule has 0 atom stereocenters. The highest BCUT2D eigenvalue weighted by atomic mass is 127. The van der Waals surface area contributed by atoms with Crippen LogP contribution in [0.4, 0.5) is 0 Å². The molecule has 2 rings (SSSR count). The molecule has 1 aromatic heterocycles. The summed E-state index contributed by atoms with van der Waals surface area (Å²) in [5.41, 5.74) is 1.17. The smallest absolute Gasteiger partial charge is 0.191 e. The minimum Gasteiger partial charge on any atom is -0.356 e. The fraction of sp³-hybridized carbons (Fsp3) is 0.375. The number of benzene rings is 1. The lowest BCUT2D eigenvalue weighted by Gasteiger charge is -2.11. The van der Waals surface area contributed by atoms with Gasteiger partial charge < -0.3 is 10.6 Å². The van der Waals surface area contributed by atoms with E-state index in [4.69, 9.17) is 11.6 Å². The van der Waals surface area contributed by atoms with Crippen molar-refractivity contribution in [1.29, 1.82) is 0 Å². The van der Waals surface area contributed by atoms with Crippen LogP contribution in [0.2, 0.25) is 5.02 Å². The summed E-state index contributed by atoms with van der Waals surface area (Å²) >= 11 is 7.66. The number of nitrogens with zero attached hydrogens (tertiary/aromatic N) is 3. The molecule has 0 aliphatic rings. The van der Waals surface area contributed by atoms with Crippen LogP contribution in [0, 0.1) is 6.92 Å². The van der Waals surface area contributed by atoms with Gasteiger partial charge in [0.05, 0.1) is 12.7 Å². The number of hydrogen-bond acceptors (Lipinski definition) is 3. The van der Waals surface area contributed by atoms with E-state index in [-0.39, 0.29) is 24.0 Å². The number of nitrogens with one attached hydrogen (secondary N) is 2. The second kappa shape index (κ2) is 11.6. The van der Waals surface area contributed by atoms with Gasteiger partial charge in [0.25, 0.3) is 0 Å². The molecule has 1 heterocycles. The molecule has 8 heteroatoms. The van der Waals surface area contributed by atoms with E-state index in [0.29, 0.717) is 0 Å². The van der Waals surface area contributed by atoms with Gasteiger partial charge in [0, 0.05) is 42.0 Å². The van der Waals surface area contributed by atoms with Gasteiger partial charge in [-0.15, -0.1) is 35.7 Å². The molecule has 24 heavy (non-hydrogen) atoms. The van der Waals surface area contributed by atoms with Crippen molar-refractivity contribution in [1.82, 2.24) is 20.4 Å². The van der Waals surface area contributed by atoms with Crippen LogP contribution in [0.15, 0.2) is 46.5 Å². The molecular formula is C16H23ClIN5S. The molecule has 0 fully saturated rings. The Bertz CT molecular complexity index is 630. The standard InChI is InChI=1S/C16H22ClN5S.HI/c1-13-11-21-22(12-13)9-7-19-16(18-2)20-8-10-23-15-5-3-14(17)4-6-15;/h3-6,11-12H,7-10H2,1-2H3,(H2,18,19,20);1H. The van der Waals surface area contributed by atoms with E-state index in [2.05, 4.69) is 20.7 Å². The first-order valence-corrected chi connectivity index (χ1v) is 8.85. The summed E-state index contributed by atoms with van der Waals surface area (Å²) in [5.74, 6) is 1.77. The maximum absolute atomic E-state index is 5.88. The molecule has 2 N–H and O–H groups in total. The summed E-state index contributed by atoms with van der Waals surface area (Å²) in [5, 5.41) is 11.6. The first-order valence-electron chi connectivity index (χ1n) is 7.49. The zero-order valence-electron chi connectivity index (χ0n) is 13.8. The van der Waals surface area contributed by atoms with E-state index in [0.717, 1.165) is 36.4 Å². The second-order valence-electron chi connectivity index (χ2n) is 5.01. The van der Waals surface area contributed by atoms with Gasteiger partial charge in [0.15, 0.2) is 5.96 Å². The van der Waals surface area contributed by atoms with Gasteiger partial charge in [-0.1, -0.05) is 11.6 Å². The Hall–Kier alpha value is -0.930. The van der Waals surface area contributed by atoms with Gasteiger partial charge in [0.1, 0.15) is 0 Å². The van der Waals surface area contributed by atoms with Crippen molar-refractivity contribution >= 4 is 53.3 Å². The highest BCUT2D eigenvalue weighted by Gasteiger charge is 1.99. The zero-order chi connectivity index (χ0) is 16.5. The third kappa shape index (κ3) is 7.76. The van der Waals surface area contributed by atoms with Crippen LogP contribution >= 0.6 is 47.3 Å². The van der Waals surface area contributed by atoms with E-state index < -0.39 is 0 Å². The summed E-state index contributed by atoms with van der Waals surface area (Å²) in [6.45, 7) is 4.47. The predicted molar refractivity (Wildman–Crippen MR) is 114 cm³/mol. The maximum atomic E-state index is 5.88. The molecule has 132 valence electrons. The van der Waals surface area contributed by atoms with Gasteiger partial charge >= 0.3 is 0 Å². The van der Waals surface area contributed by atoms with Gasteiger partial charge in [-0.2, -0.15) is 5.10 Å². The van der Waals surface area contributed by atoms with Gasteiger partial charge in [-0.05, 0) is 36.8 Å². The van der Waals surface area contributed by atoms with Crippen LogP contribution in [0.3, 0.4) is 0 Å². The maximum Gasteiger partial charge on any atom is 0.191 e. The van der Waals surface area contributed by atoms with Crippen molar-refractivity contribution in [3.05, 3.63) is 47.2 Å². The Balaban J connectivity index is 0.00000288. The van der Waals surface area contributed by atoms with Crippen molar-refractivity contribution in [2.75, 3.05) is 25.9 Å². The Kier molecular flexibility index (Phi) is 10.2. The summed E-state index contributed by atoms with van der Waals surface area (Å²) in [6.07, 6.45) is 3.89. The van der Waals surface area contributed by atoms with Gasteiger partial charge in [0.2, 0.25) is 0 Å². The van der Waals surface area contributed by atoms with Crippen molar-refractivity contribution in [2.45, 2.75) is 18.4 Å². The number of hydrogen-bond donors (Lipinski definition) is 2. The lowest BCUT2D eigenvalue weighted by Crippen LogP contribution is -2.39. The number of halogens is 2. The average Bonchev–Trinajstić information content (AvgIpc) is 2.97. The van der Waals surface area contributed by atoms with E-state index in [1.165, 1.54) is 10.5 Å². The van der Waals surface area contributed by atoms with E-state index in [1.54, 1.807) is 18.8 Å². The Morgan fingerprint density at radius 2 is 1.96 bits per heavy atom. The molecule has 0 saturated heterocycles. The number of thioether (sulfide) groups is 1. The number of rotatable bonds is 7. The first-order chi connectivity index (χ1) is 11.2. The summed E-state index contributed by atoms with van der Waals surface area (Å²) in [4.78, 5) is 5.43. The van der Waals surface area contributed by atoms with Crippen LogP contribution in [-0.4, -0.2) is 41.6 Å². The fourth-order valence-corrected chi connectivity index (χ4v) is 2.86. The Morgan fingerprint density at radius 1 is 1.25 bits per heavy atom. The molecule has 0 unspecified atom stereocenters. The molecule has 0 bridgehead atoms. The van der Waals surface area contributed by atoms with Crippen molar-refractivity contribution in [3.8, 4) is 0 Å². The van der Waals surface area contributed by atoms with Crippen LogP contribution < -0.4 is 10.6 Å². The topological polar surface area (TPSA) is 54.2 Å². The third-order valence-corrected chi connectivity index (χ3v) is 4.36. The molecule has 0 amide bonds. The SMILES string of the molecule is CN=C(NCCSc1ccc(Cl)cc1)NCCn1cc(C)cn1.I. The lowest BCUT2D eigenvalue weighted by atomic mass is 10.4. The molecule has 2 aromatic rings. The Labute approximate surface area is 169 Å². The molecule has 1 aromatic carbocycles. The van der Waals surface area contributed by atoms with Crippen LogP contribution in [-0.2, 0) is 6.54 Å². The Morgan fingerprint density at radius 3 is 2.58 bits per heavy atom. The quantitative estimate of drug-likeness (QED) is 0.210. The van der Waals surface area contributed by atoms with E-state index in [9.17, 15) is 0 Å². The summed E-state index contributed by atoms with van der Waals surface area (Å²) in [7, 11) is 1.78. The number of aromatic nitrogens is 2. The summed E-state index contributed by atoms with van der Waals surface area (Å²) < 4.78 is 1.92. The number of aliphatic imine (C=N–C) groups is 1. The molecule has 0 aliphatic carbocycles. The molecule has 5 nitrogen and oxygen atoms in total. The van der Waals surface area contributed by atoms with Crippen LogP contribution in [0.1, 0.15) is 5.56 Å². The highest BCUT2D eigenvalue weighted by Crippen LogP contribution is 2.19. The number of aryl methyl sites for hydroxylation is 1. The molecular weight excluding hydrogens is 457 g/mol. The highest BCUT2D eigenvalue weighted by molar-refractivity contribution is 14.0. The van der Waals surface area contributed by atoms with Crippen molar-refractivity contribution < 1.29 is 0 Å².